The van der Waals surface area contributed by atoms with Gasteiger partial charge in [-0.3, -0.25) is 0 Å². The van der Waals surface area contributed by atoms with Crippen LogP contribution in [0, 0.1) is 6.92 Å². The smallest absolute Gasteiger partial charge is 0.392 e. The number of anilines is 1. The number of aliphatic hydroxyl groups is 1. The van der Waals surface area contributed by atoms with E-state index < -0.39 is 12.7 Å². The van der Waals surface area contributed by atoms with Crippen molar-refractivity contribution in [3.63, 3.8) is 0 Å². The van der Waals surface area contributed by atoms with Gasteiger partial charge < -0.3 is 10.0 Å². The first-order chi connectivity index (χ1) is 8.40. The molecule has 0 aromatic carbocycles. The van der Waals surface area contributed by atoms with Gasteiger partial charge in [-0.15, -0.1) is 0 Å². The highest BCUT2D eigenvalue weighted by Gasteiger charge is 2.38. The minimum absolute atomic E-state index is 0.0569. The molecule has 2 rings (SSSR count). The van der Waals surface area contributed by atoms with E-state index in [0.29, 0.717) is 17.1 Å². The van der Waals surface area contributed by atoms with Crippen LogP contribution >= 0.6 is 0 Å². The molecule has 0 spiro atoms. The maximum absolute atomic E-state index is 12.5. The van der Waals surface area contributed by atoms with Crippen LogP contribution < -0.4 is 4.90 Å². The van der Waals surface area contributed by atoms with Gasteiger partial charge in [-0.05, 0) is 31.4 Å². The summed E-state index contributed by atoms with van der Waals surface area (Å²) in [5, 5.41) is 9.02. The van der Waals surface area contributed by atoms with Crippen molar-refractivity contribution < 1.29 is 18.3 Å². The van der Waals surface area contributed by atoms with Gasteiger partial charge in [0.2, 0.25) is 0 Å². The third-order valence-corrected chi connectivity index (χ3v) is 2.98. The van der Waals surface area contributed by atoms with Gasteiger partial charge in [0, 0.05) is 11.7 Å². The van der Waals surface area contributed by atoms with Crippen molar-refractivity contribution in [1.82, 2.24) is 4.98 Å². The van der Waals surface area contributed by atoms with E-state index in [1.807, 2.05) is 0 Å². The van der Waals surface area contributed by atoms with Crippen LogP contribution in [-0.2, 0) is 6.61 Å². The molecule has 6 heteroatoms. The number of nitrogens with zero attached hydrogens (tertiary/aromatic N) is 2. The third kappa shape index (κ3) is 3.13. The lowest BCUT2D eigenvalue weighted by molar-refractivity contribution is -0.120. The molecule has 0 radical (unpaired) electrons. The van der Waals surface area contributed by atoms with Crippen LogP contribution in [0.4, 0.5) is 19.0 Å². The van der Waals surface area contributed by atoms with E-state index in [-0.39, 0.29) is 12.6 Å². The fourth-order valence-corrected chi connectivity index (χ4v) is 1.88. The summed E-state index contributed by atoms with van der Waals surface area (Å²) in [6.45, 7) is 0.568. The van der Waals surface area contributed by atoms with Gasteiger partial charge in [0.05, 0.1) is 6.61 Å². The zero-order valence-electron chi connectivity index (χ0n) is 10.0. The molecule has 1 saturated carbocycles. The second kappa shape index (κ2) is 4.76. The number of hydrogen-bond acceptors (Lipinski definition) is 3. The molecule has 0 unspecified atom stereocenters. The van der Waals surface area contributed by atoms with Crippen molar-refractivity contribution in [3.8, 4) is 0 Å². The van der Waals surface area contributed by atoms with Crippen LogP contribution in [0.2, 0.25) is 0 Å². The van der Waals surface area contributed by atoms with Crippen LogP contribution in [0.3, 0.4) is 0 Å². The summed E-state index contributed by atoms with van der Waals surface area (Å²) >= 11 is 0. The van der Waals surface area contributed by atoms with Gasteiger partial charge in [0.15, 0.2) is 0 Å². The molecule has 1 fully saturated rings. The van der Waals surface area contributed by atoms with E-state index in [1.165, 1.54) is 4.90 Å². The predicted octanol–water partition coefficient (Wildman–Crippen LogP) is 2.41. The summed E-state index contributed by atoms with van der Waals surface area (Å²) in [5.74, 6) is 0.338. The lowest BCUT2D eigenvalue weighted by atomic mass is 10.2. The first-order valence-electron chi connectivity index (χ1n) is 5.81. The monoisotopic (exact) mass is 260 g/mol. The molecule has 1 aromatic rings. The van der Waals surface area contributed by atoms with Gasteiger partial charge in [-0.25, -0.2) is 4.98 Å². The number of alkyl halides is 3. The van der Waals surface area contributed by atoms with Crippen LogP contribution in [0.25, 0.3) is 0 Å². The summed E-state index contributed by atoms with van der Waals surface area (Å²) in [4.78, 5) is 5.46. The standard InChI is InChI=1S/C12H15F3N2O/c1-8-9(6-18)2-5-11(16-8)17(10-3-4-10)7-12(13,14)15/h2,5,10,18H,3-4,6-7H2,1H3. The average molecular weight is 260 g/mol. The second-order valence-corrected chi connectivity index (χ2v) is 4.55. The molecule has 0 atom stereocenters. The van der Waals surface area contributed by atoms with E-state index in [2.05, 4.69) is 4.98 Å². The Hall–Kier alpha value is -1.30. The van der Waals surface area contributed by atoms with Gasteiger partial charge in [0.25, 0.3) is 0 Å². The lowest BCUT2D eigenvalue weighted by Crippen LogP contribution is -2.36. The summed E-state index contributed by atoms with van der Waals surface area (Å²) in [6.07, 6.45) is -2.68. The molecule has 100 valence electrons. The Morgan fingerprint density at radius 1 is 1.39 bits per heavy atom. The number of pyridine rings is 1. The Labute approximate surface area is 103 Å². The highest BCUT2D eigenvalue weighted by molar-refractivity contribution is 5.44. The SMILES string of the molecule is Cc1nc(N(CC(F)(F)F)C2CC2)ccc1CO. The molecule has 0 bridgehead atoms. The van der Waals surface area contributed by atoms with E-state index >= 15 is 0 Å². The maximum atomic E-state index is 12.5. The molecular weight excluding hydrogens is 245 g/mol. The Kier molecular flexibility index (Phi) is 3.47. The average Bonchev–Trinajstić information content (AvgIpc) is 3.08. The second-order valence-electron chi connectivity index (χ2n) is 4.55. The maximum Gasteiger partial charge on any atom is 0.405 e. The van der Waals surface area contributed by atoms with Gasteiger partial charge in [-0.1, -0.05) is 6.07 Å². The molecular formula is C12H15F3N2O. The van der Waals surface area contributed by atoms with Gasteiger partial charge in [-0.2, -0.15) is 13.2 Å². The Bertz CT molecular complexity index is 430. The number of aromatic nitrogens is 1. The molecule has 1 aliphatic rings. The van der Waals surface area contributed by atoms with Crippen LogP contribution in [0.15, 0.2) is 12.1 Å². The molecule has 0 amide bonds. The molecule has 1 aliphatic carbocycles. The van der Waals surface area contributed by atoms with Gasteiger partial charge in [0.1, 0.15) is 12.4 Å². The lowest BCUT2D eigenvalue weighted by Gasteiger charge is -2.25. The number of halogens is 3. The number of aryl methyl sites for hydroxylation is 1. The molecule has 0 aliphatic heterocycles. The van der Waals surface area contributed by atoms with Crippen molar-refractivity contribution in [2.75, 3.05) is 11.4 Å². The van der Waals surface area contributed by atoms with Crippen molar-refractivity contribution >= 4 is 5.82 Å². The topological polar surface area (TPSA) is 36.4 Å². The summed E-state index contributed by atoms with van der Waals surface area (Å²) in [6, 6.07) is 3.12. The van der Waals surface area contributed by atoms with Crippen LogP contribution in [0.1, 0.15) is 24.1 Å². The van der Waals surface area contributed by atoms with E-state index in [9.17, 15) is 13.2 Å². The van der Waals surface area contributed by atoms with E-state index in [1.54, 1.807) is 19.1 Å². The minimum atomic E-state index is -4.23. The number of rotatable bonds is 4. The molecule has 3 nitrogen and oxygen atoms in total. The normalized spacial score (nSPS) is 15.8. The number of aliphatic hydroxyl groups excluding tert-OH is 1. The molecule has 1 N–H and O–H groups in total. The Morgan fingerprint density at radius 2 is 2.06 bits per heavy atom. The van der Waals surface area contributed by atoms with Crippen molar-refractivity contribution in [2.24, 2.45) is 0 Å². The zero-order chi connectivity index (χ0) is 13.3. The van der Waals surface area contributed by atoms with Crippen molar-refractivity contribution in [1.29, 1.82) is 0 Å². The van der Waals surface area contributed by atoms with Crippen LogP contribution in [0.5, 0.6) is 0 Å². The minimum Gasteiger partial charge on any atom is -0.392 e. The fourth-order valence-electron chi connectivity index (χ4n) is 1.88. The first-order valence-corrected chi connectivity index (χ1v) is 5.81. The van der Waals surface area contributed by atoms with Crippen LogP contribution in [-0.4, -0.2) is 28.9 Å². The van der Waals surface area contributed by atoms with E-state index in [0.717, 1.165) is 12.8 Å². The predicted molar refractivity (Wildman–Crippen MR) is 61.3 cm³/mol. The molecule has 1 aromatic heterocycles. The Morgan fingerprint density at radius 3 is 2.50 bits per heavy atom. The fraction of sp³-hybridized carbons (Fsp3) is 0.583. The highest BCUT2D eigenvalue weighted by Crippen LogP contribution is 2.33. The molecule has 1 heterocycles. The van der Waals surface area contributed by atoms with Crippen molar-refractivity contribution in [2.45, 2.75) is 38.6 Å². The van der Waals surface area contributed by atoms with Crippen molar-refractivity contribution in [3.05, 3.63) is 23.4 Å². The molecule has 18 heavy (non-hydrogen) atoms. The highest BCUT2D eigenvalue weighted by atomic mass is 19.4. The first kappa shape index (κ1) is 13.1. The summed E-state index contributed by atoms with van der Waals surface area (Å²) in [5.41, 5.74) is 1.21. The van der Waals surface area contributed by atoms with E-state index in [4.69, 9.17) is 5.11 Å². The zero-order valence-corrected chi connectivity index (χ0v) is 10.0. The Balaban J connectivity index is 2.23. The van der Waals surface area contributed by atoms with Gasteiger partial charge >= 0.3 is 6.18 Å². The largest absolute Gasteiger partial charge is 0.405 e. The molecule has 0 saturated heterocycles. The summed E-state index contributed by atoms with van der Waals surface area (Å²) in [7, 11) is 0. The quantitative estimate of drug-likeness (QED) is 0.903. The number of hydrogen-bond donors (Lipinski definition) is 1. The summed E-state index contributed by atoms with van der Waals surface area (Å²) < 4.78 is 37.5. The third-order valence-electron chi connectivity index (χ3n) is 2.98.